The van der Waals surface area contributed by atoms with E-state index in [4.69, 9.17) is 0 Å². The lowest BCUT2D eigenvalue weighted by Gasteiger charge is -2.01. The Morgan fingerprint density at radius 2 is 2.18 bits per heavy atom. The Kier molecular flexibility index (Phi) is 4.28. The third-order valence-electron chi connectivity index (χ3n) is 1.60. The fraction of sp³-hybridized carbons (Fsp3) is 1.00. The highest BCUT2D eigenvalue weighted by Gasteiger charge is 2.21. The van der Waals surface area contributed by atoms with E-state index >= 15 is 0 Å². The first-order valence-corrected chi connectivity index (χ1v) is 4.76. The zero-order chi connectivity index (χ0) is 7.61. The average Bonchev–Trinajstić information content (AvgIpc) is 2.12. The standard InChI is InChI=1S/C5H10FNO2S.ClH/c6-10(8,9)4-5-1-2-7-3-5;/h5,7H,1-4H2;1H. The molecule has 1 N–H and O–H groups in total. The second-order valence-electron chi connectivity index (χ2n) is 2.56. The second-order valence-corrected chi connectivity index (χ2v) is 3.98. The summed E-state index contributed by atoms with van der Waals surface area (Å²) in [5.74, 6) is -0.338. The molecule has 0 spiro atoms. The van der Waals surface area contributed by atoms with E-state index in [1.54, 1.807) is 0 Å². The molecule has 6 heteroatoms. The summed E-state index contributed by atoms with van der Waals surface area (Å²) in [6, 6.07) is 0. The molecule has 1 rings (SSSR count). The van der Waals surface area contributed by atoms with Crippen molar-refractivity contribution in [3.63, 3.8) is 0 Å². The van der Waals surface area contributed by atoms with Crippen molar-refractivity contribution >= 4 is 22.6 Å². The minimum Gasteiger partial charge on any atom is -0.316 e. The third-order valence-corrected chi connectivity index (χ3v) is 2.47. The molecular formula is C5H11ClFNO2S. The van der Waals surface area contributed by atoms with Crippen LogP contribution in [0.15, 0.2) is 0 Å². The molecule has 0 amide bonds. The van der Waals surface area contributed by atoms with Gasteiger partial charge in [-0.15, -0.1) is 16.3 Å². The molecule has 1 heterocycles. The number of hydrogen-bond donors (Lipinski definition) is 1. The zero-order valence-electron chi connectivity index (χ0n) is 5.92. The van der Waals surface area contributed by atoms with Crippen molar-refractivity contribution in [2.45, 2.75) is 6.42 Å². The summed E-state index contributed by atoms with van der Waals surface area (Å²) in [6.45, 7) is 1.43. The van der Waals surface area contributed by atoms with Crippen LogP contribution in [0, 0.1) is 5.92 Å². The Morgan fingerprint density at radius 1 is 1.55 bits per heavy atom. The van der Waals surface area contributed by atoms with Crippen molar-refractivity contribution in [1.82, 2.24) is 5.32 Å². The van der Waals surface area contributed by atoms with E-state index in [0.717, 1.165) is 13.0 Å². The first kappa shape index (κ1) is 11.1. The van der Waals surface area contributed by atoms with Gasteiger partial charge in [-0.25, -0.2) is 0 Å². The van der Waals surface area contributed by atoms with E-state index in [0.29, 0.717) is 6.54 Å². The molecule has 3 nitrogen and oxygen atoms in total. The molecule has 11 heavy (non-hydrogen) atoms. The highest BCUT2D eigenvalue weighted by molar-refractivity contribution is 7.86. The largest absolute Gasteiger partial charge is 0.316 e. The SMILES string of the molecule is Cl.O=S(=O)(F)CC1CCNC1. The molecule has 0 aromatic carbocycles. The molecular weight excluding hydrogens is 193 g/mol. The number of hydrogen-bond acceptors (Lipinski definition) is 3. The smallest absolute Gasteiger partial charge is 0.302 e. The van der Waals surface area contributed by atoms with E-state index < -0.39 is 10.2 Å². The summed E-state index contributed by atoms with van der Waals surface area (Å²) in [7, 11) is -4.25. The van der Waals surface area contributed by atoms with Gasteiger partial charge in [0, 0.05) is 0 Å². The Bertz CT molecular complexity index is 201. The predicted octanol–water partition coefficient (Wildman–Crippen LogP) is 0.317. The van der Waals surface area contributed by atoms with Gasteiger partial charge in [0.1, 0.15) is 0 Å². The number of halogens is 2. The molecule has 0 bridgehead atoms. The van der Waals surface area contributed by atoms with Crippen LogP contribution >= 0.6 is 12.4 Å². The second kappa shape index (κ2) is 4.23. The topological polar surface area (TPSA) is 46.2 Å². The lowest BCUT2D eigenvalue weighted by atomic mass is 10.2. The quantitative estimate of drug-likeness (QED) is 0.658. The van der Waals surface area contributed by atoms with E-state index in [9.17, 15) is 12.3 Å². The Morgan fingerprint density at radius 3 is 2.55 bits per heavy atom. The molecule has 0 radical (unpaired) electrons. The normalized spacial score (nSPS) is 24.6. The van der Waals surface area contributed by atoms with Gasteiger partial charge >= 0.3 is 10.2 Å². The first-order valence-electron chi connectivity index (χ1n) is 3.21. The summed E-state index contributed by atoms with van der Waals surface area (Å²) < 4.78 is 32.2. The molecule has 1 saturated heterocycles. The van der Waals surface area contributed by atoms with Gasteiger partial charge in [-0.1, -0.05) is 0 Å². The molecule has 1 atom stereocenters. The van der Waals surface area contributed by atoms with Crippen LogP contribution in [0.25, 0.3) is 0 Å². The molecule has 1 aliphatic rings. The van der Waals surface area contributed by atoms with Crippen molar-refractivity contribution < 1.29 is 12.3 Å². The van der Waals surface area contributed by atoms with Gasteiger partial charge in [0.2, 0.25) is 0 Å². The molecule has 0 aliphatic carbocycles. The van der Waals surface area contributed by atoms with E-state index in [-0.39, 0.29) is 24.1 Å². The van der Waals surface area contributed by atoms with Crippen molar-refractivity contribution in [2.24, 2.45) is 5.92 Å². The fourth-order valence-corrected chi connectivity index (χ4v) is 1.99. The maximum absolute atomic E-state index is 12.0. The highest BCUT2D eigenvalue weighted by atomic mass is 35.5. The molecule has 68 valence electrons. The van der Waals surface area contributed by atoms with Gasteiger partial charge in [0.25, 0.3) is 0 Å². The van der Waals surface area contributed by atoms with Gasteiger partial charge in [0.05, 0.1) is 5.75 Å². The minimum atomic E-state index is -4.25. The summed E-state index contributed by atoms with van der Waals surface area (Å²) in [5.41, 5.74) is 0. The van der Waals surface area contributed by atoms with Crippen LogP contribution in [0.4, 0.5) is 3.89 Å². The number of rotatable bonds is 2. The first-order chi connectivity index (χ1) is 4.58. The van der Waals surface area contributed by atoms with E-state index in [1.165, 1.54) is 0 Å². The molecule has 1 fully saturated rings. The lowest BCUT2D eigenvalue weighted by Crippen LogP contribution is -2.15. The van der Waals surface area contributed by atoms with Gasteiger partial charge in [-0.2, -0.15) is 8.42 Å². The van der Waals surface area contributed by atoms with Crippen LogP contribution < -0.4 is 5.32 Å². The third kappa shape index (κ3) is 4.55. The van der Waals surface area contributed by atoms with Crippen LogP contribution in [0.1, 0.15) is 6.42 Å². The van der Waals surface area contributed by atoms with Crippen molar-refractivity contribution in [3.8, 4) is 0 Å². The van der Waals surface area contributed by atoms with Crippen LogP contribution in [-0.2, 0) is 10.2 Å². The minimum absolute atomic E-state index is 0. The molecule has 0 aromatic heterocycles. The lowest BCUT2D eigenvalue weighted by molar-refractivity contribution is 0.530. The van der Waals surface area contributed by atoms with Gasteiger partial charge in [-0.05, 0) is 25.4 Å². The Balaban J connectivity index is 0.000001000. The van der Waals surface area contributed by atoms with Crippen molar-refractivity contribution in [1.29, 1.82) is 0 Å². The van der Waals surface area contributed by atoms with Crippen molar-refractivity contribution in [3.05, 3.63) is 0 Å². The molecule has 1 unspecified atom stereocenters. The van der Waals surface area contributed by atoms with Crippen LogP contribution in [0.2, 0.25) is 0 Å². The van der Waals surface area contributed by atoms with Gasteiger partial charge in [0.15, 0.2) is 0 Å². The summed E-state index contributed by atoms with van der Waals surface area (Å²) in [4.78, 5) is 0. The van der Waals surface area contributed by atoms with Crippen molar-refractivity contribution in [2.75, 3.05) is 18.8 Å². The fourth-order valence-electron chi connectivity index (χ4n) is 1.14. The summed E-state index contributed by atoms with van der Waals surface area (Å²) in [5, 5.41) is 2.96. The molecule has 1 aliphatic heterocycles. The Hall–Kier alpha value is 0.130. The van der Waals surface area contributed by atoms with Gasteiger partial charge in [-0.3, -0.25) is 0 Å². The zero-order valence-corrected chi connectivity index (χ0v) is 7.55. The molecule has 0 saturated carbocycles. The Labute approximate surface area is 72.0 Å². The average molecular weight is 204 g/mol. The summed E-state index contributed by atoms with van der Waals surface area (Å²) in [6.07, 6.45) is 0.767. The predicted molar refractivity (Wildman–Crippen MR) is 43.1 cm³/mol. The molecule has 0 aromatic rings. The van der Waals surface area contributed by atoms with Crippen LogP contribution in [0.5, 0.6) is 0 Å². The number of nitrogens with one attached hydrogen (secondary N) is 1. The van der Waals surface area contributed by atoms with Crippen LogP contribution in [-0.4, -0.2) is 27.3 Å². The van der Waals surface area contributed by atoms with E-state index in [2.05, 4.69) is 5.32 Å². The maximum Gasteiger partial charge on any atom is 0.302 e. The van der Waals surface area contributed by atoms with E-state index in [1.807, 2.05) is 0 Å². The monoisotopic (exact) mass is 203 g/mol. The maximum atomic E-state index is 12.0. The van der Waals surface area contributed by atoms with Crippen LogP contribution in [0.3, 0.4) is 0 Å². The highest BCUT2D eigenvalue weighted by Crippen LogP contribution is 2.10. The van der Waals surface area contributed by atoms with Gasteiger partial charge < -0.3 is 5.32 Å². The summed E-state index contributed by atoms with van der Waals surface area (Å²) >= 11 is 0.